The van der Waals surface area contributed by atoms with Crippen LogP contribution in [0.3, 0.4) is 0 Å². The first kappa shape index (κ1) is 15.8. The van der Waals surface area contributed by atoms with E-state index in [0.29, 0.717) is 12.5 Å². The van der Waals surface area contributed by atoms with E-state index in [1.165, 1.54) is 45.2 Å². The fraction of sp³-hybridized carbons (Fsp3) is 0.938. The molecule has 0 aromatic rings. The van der Waals surface area contributed by atoms with Crippen molar-refractivity contribution in [2.75, 3.05) is 26.2 Å². The number of carbonyl (C=O) groups is 1. The average molecular weight is 281 g/mol. The number of nitrogens with two attached hydrogens (primary N) is 1. The molecule has 1 saturated heterocycles. The molecule has 2 fully saturated rings. The summed E-state index contributed by atoms with van der Waals surface area (Å²) in [5, 5.41) is 3.23. The Morgan fingerprint density at radius 3 is 2.60 bits per heavy atom. The molecule has 0 aromatic carbocycles. The second kappa shape index (κ2) is 7.99. The second-order valence-corrected chi connectivity index (χ2v) is 6.66. The number of hydrogen-bond donors (Lipinski definition) is 2. The van der Waals surface area contributed by atoms with Crippen molar-refractivity contribution in [3.63, 3.8) is 0 Å². The molecule has 0 radical (unpaired) electrons. The predicted molar refractivity (Wildman–Crippen MR) is 82.4 cm³/mol. The molecule has 1 amide bonds. The van der Waals surface area contributed by atoms with Crippen molar-refractivity contribution in [3.8, 4) is 0 Å². The molecule has 0 spiro atoms. The number of hydrogen-bond acceptors (Lipinski definition) is 3. The van der Waals surface area contributed by atoms with Crippen LogP contribution in [0.1, 0.15) is 51.9 Å². The summed E-state index contributed by atoms with van der Waals surface area (Å²) in [6, 6.07) is 0.251. The lowest BCUT2D eigenvalue weighted by molar-refractivity contribution is -0.128. The lowest BCUT2D eigenvalue weighted by atomic mass is 9.78. The molecule has 0 aromatic heterocycles. The topological polar surface area (TPSA) is 58.4 Å². The highest BCUT2D eigenvalue weighted by molar-refractivity contribution is 5.79. The maximum Gasteiger partial charge on any atom is 0.223 e. The third-order valence-electron chi connectivity index (χ3n) is 4.92. The van der Waals surface area contributed by atoms with Crippen LogP contribution in [0.25, 0.3) is 0 Å². The molecule has 3 N–H and O–H groups in total. The van der Waals surface area contributed by atoms with Crippen LogP contribution < -0.4 is 11.1 Å². The summed E-state index contributed by atoms with van der Waals surface area (Å²) in [5.74, 6) is 0.785. The first-order chi connectivity index (χ1) is 9.70. The fourth-order valence-corrected chi connectivity index (χ4v) is 3.76. The maximum absolute atomic E-state index is 12.4. The highest BCUT2D eigenvalue weighted by Gasteiger charge is 2.30. The first-order valence-electron chi connectivity index (χ1n) is 8.43. The van der Waals surface area contributed by atoms with Gasteiger partial charge in [0.25, 0.3) is 0 Å². The molecule has 116 valence electrons. The summed E-state index contributed by atoms with van der Waals surface area (Å²) in [5.41, 5.74) is 5.82. The number of nitrogens with zero attached hydrogens (tertiary/aromatic N) is 1. The van der Waals surface area contributed by atoms with E-state index in [9.17, 15) is 4.79 Å². The van der Waals surface area contributed by atoms with E-state index in [0.717, 1.165) is 19.4 Å². The Kier molecular flexibility index (Phi) is 6.30. The Bertz CT molecular complexity index is 302. The van der Waals surface area contributed by atoms with Gasteiger partial charge in [-0.3, -0.25) is 4.79 Å². The lowest BCUT2D eigenvalue weighted by Crippen LogP contribution is -2.47. The number of rotatable bonds is 5. The molecular formula is C16H31N3O. The minimum Gasteiger partial charge on any atom is -0.352 e. The van der Waals surface area contributed by atoms with Gasteiger partial charge >= 0.3 is 0 Å². The van der Waals surface area contributed by atoms with Gasteiger partial charge in [0.05, 0.1) is 0 Å². The number of piperidine rings is 1. The standard InChI is InChI=1S/C16H31N3O/c1-13(12-19-9-5-2-6-10-19)18-16(20)15-8-4-3-7-14(15)11-17/h13-15H,2-12,17H2,1H3,(H,18,20). The van der Waals surface area contributed by atoms with Crippen molar-refractivity contribution in [3.05, 3.63) is 0 Å². The molecular weight excluding hydrogens is 250 g/mol. The zero-order chi connectivity index (χ0) is 14.4. The Morgan fingerprint density at radius 1 is 1.20 bits per heavy atom. The van der Waals surface area contributed by atoms with Crippen molar-refractivity contribution < 1.29 is 4.79 Å². The SMILES string of the molecule is CC(CN1CCCCC1)NC(=O)C1CCCCC1CN. The molecule has 3 atom stereocenters. The molecule has 20 heavy (non-hydrogen) atoms. The van der Waals surface area contributed by atoms with Crippen LogP contribution in [0.5, 0.6) is 0 Å². The molecule has 1 aliphatic carbocycles. The Hall–Kier alpha value is -0.610. The van der Waals surface area contributed by atoms with Gasteiger partial charge < -0.3 is 16.0 Å². The molecule has 4 nitrogen and oxygen atoms in total. The van der Waals surface area contributed by atoms with Crippen molar-refractivity contribution in [1.29, 1.82) is 0 Å². The molecule has 1 heterocycles. The summed E-state index contributed by atoms with van der Waals surface area (Å²) in [4.78, 5) is 14.9. The highest BCUT2D eigenvalue weighted by Crippen LogP contribution is 2.29. The second-order valence-electron chi connectivity index (χ2n) is 6.66. The minimum atomic E-state index is 0.151. The third kappa shape index (κ3) is 4.45. The van der Waals surface area contributed by atoms with Gasteiger partial charge in [0.2, 0.25) is 5.91 Å². The zero-order valence-electron chi connectivity index (χ0n) is 12.9. The van der Waals surface area contributed by atoms with Crippen LogP contribution >= 0.6 is 0 Å². The van der Waals surface area contributed by atoms with E-state index >= 15 is 0 Å². The van der Waals surface area contributed by atoms with Crippen LogP contribution in [0.2, 0.25) is 0 Å². The molecule has 0 bridgehead atoms. The fourth-order valence-electron chi connectivity index (χ4n) is 3.76. The number of likely N-dealkylation sites (tertiary alicyclic amines) is 1. The molecule has 1 aliphatic heterocycles. The van der Waals surface area contributed by atoms with Crippen LogP contribution in [-0.4, -0.2) is 43.0 Å². The van der Waals surface area contributed by atoms with Gasteiger partial charge in [0.1, 0.15) is 0 Å². The molecule has 2 aliphatic rings. The lowest BCUT2D eigenvalue weighted by Gasteiger charge is -2.33. The average Bonchev–Trinajstić information content (AvgIpc) is 2.48. The summed E-state index contributed by atoms with van der Waals surface area (Å²) in [6.07, 6.45) is 8.51. The van der Waals surface area contributed by atoms with Gasteiger partial charge in [-0.1, -0.05) is 19.3 Å². The van der Waals surface area contributed by atoms with Gasteiger partial charge in [-0.25, -0.2) is 0 Å². The monoisotopic (exact) mass is 281 g/mol. The molecule has 1 saturated carbocycles. The highest BCUT2D eigenvalue weighted by atomic mass is 16.2. The Balaban J connectivity index is 1.77. The Morgan fingerprint density at radius 2 is 1.90 bits per heavy atom. The van der Waals surface area contributed by atoms with E-state index in [1.54, 1.807) is 0 Å². The van der Waals surface area contributed by atoms with Crippen LogP contribution in [0.15, 0.2) is 0 Å². The van der Waals surface area contributed by atoms with Crippen LogP contribution in [0.4, 0.5) is 0 Å². The van der Waals surface area contributed by atoms with E-state index in [1.807, 2.05) is 0 Å². The largest absolute Gasteiger partial charge is 0.352 e. The minimum absolute atomic E-state index is 0.151. The van der Waals surface area contributed by atoms with E-state index in [2.05, 4.69) is 17.1 Å². The van der Waals surface area contributed by atoms with Gasteiger partial charge in [0, 0.05) is 18.5 Å². The number of carbonyl (C=O) groups excluding carboxylic acids is 1. The van der Waals surface area contributed by atoms with E-state index in [4.69, 9.17) is 5.73 Å². The molecule has 3 unspecified atom stereocenters. The van der Waals surface area contributed by atoms with Crippen molar-refractivity contribution in [2.45, 2.75) is 57.9 Å². The number of nitrogens with one attached hydrogen (secondary N) is 1. The van der Waals surface area contributed by atoms with Crippen LogP contribution in [0, 0.1) is 11.8 Å². The predicted octanol–water partition coefficient (Wildman–Crippen LogP) is 1.74. The van der Waals surface area contributed by atoms with E-state index < -0.39 is 0 Å². The smallest absolute Gasteiger partial charge is 0.223 e. The van der Waals surface area contributed by atoms with Crippen molar-refractivity contribution >= 4 is 5.91 Å². The summed E-state index contributed by atoms with van der Waals surface area (Å²) < 4.78 is 0. The first-order valence-corrected chi connectivity index (χ1v) is 8.43. The van der Waals surface area contributed by atoms with Gasteiger partial charge in [-0.15, -0.1) is 0 Å². The quantitative estimate of drug-likeness (QED) is 0.807. The zero-order valence-corrected chi connectivity index (χ0v) is 12.9. The number of amides is 1. The summed E-state index contributed by atoms with van der Waals surface area (Å²) in [7, 11) is 0. The van der Waals surface area contributed by atoms with Gasteiger partial charge in [-0.05, 0) is 58.2 Å². The third-order valence-corrected chi connectivity index (χ3v) is 4.92. The van der Waals surface area contributed by atoms with Crippen molar-refractivity contribution in [2.24, 2.45) is 17.6 Å². The summed E-state index contributed by atoms with van der Waals surface area (Å²) in [6.45, 7) is 6.15. The summed E-state index contributed by atoms with van der Waals surface area (Å²) >= 11 is 0. The normalized spacial score (nSPS) is 29.9. The van der Waals surface area contributed by atoms with Crippen molar-refractivity contribution in [1.82, 2.24) is 10.2 Å². The van der Waals surface area contributed by atoms with Gasteiger partial charge in [0.15, 0.2) is 0 Å². The van der Waals surface area contributed by atoms with E-state index in [-0.39, 0.29) is 17.9 Å². The van der Waals surface area contributed by atoms with Gasteiger partial charge in [-0.2, -0.15) is 0 Å². The maximum atomic E-state index is 12.4. The van der Waals surface area contributed by atoms with Crippen LogP contribution in [-0.2, 0) is 4.79 Å². The molecule has 4 heteroatoms. The Labute approximate surface area is 123 Å². The molecule has 2 rings (SSSR count).